The molecule has 3 heteroatoms. The average Bonchev–Trinajstić information content (AvgIpc) is 2.74. The first kappa shape index (κ1) is 12.4. The number of hydrogen-bond acceptors (Lipinski definition) is 2. The van der Waals surface area contributed by atoms with E-state index in [-0.39, 0.29) is 11.6 Å². The zero-order valence-corrected chi connectivity index (χ0v) is 12.7. The maximum atomic E-state index is 6.40. The van der Waals surface area contributed by atoms with Gasteiger partial charge in [-0.15, -0.1) is 0 Å². The molecule has 2 aromatic carbocycles. The number of hydrogen-bond donors (Lipinski definition) is 1. The van der Waals surface area contributed by atoms with E-state index in [2.05, 4.69) is 46.3 Å². The van der Waals surface area contributed by atoms with E-state index in [1.54, 1.807) is 0 Å². The summed E-state index contributed by atoms with van der Waals surface area (Å²) in [5.74, 6) is 0.936. The van der Waals surface area contributed by atoms with Crippen LogP contribution in [0.2, 0.25) is 0 Å². The number of halogens is 1. The van der Waals surface area contributed by atoms with Crippen LogP contribution in [0, 0.1) is 0 Å². The van der Waals surface area contributed by atoms with E-state index in [1.807, 2.05) is 12.1 Å². The van der Waals surface area contributed by atoms with Gasteiger partial charge in [-0.3, -0.25) is 0 Å². The van der Waals surface area contributed by atoms with Crippen LogP contribution in [0.25, 0.3) is 0 Å². The van der Waals surface area contributed by atoms with Gasteiger partial charge in [-0.2, -0.15) is 0 Å². The molecular formula is C17H16BrNO. The Kier molecular flexibility index (Phi) is 2.69. The third-order valence-corrected chi connectivity index (χ3v) is 4.93. The zero-order valence-electron chi connectivity index (χ0n) is 11.1. The molecule has 0 unspecified atom stereocenters. The fourth-order valence-electron chi connectivity index (χ4n) is 3.56. The second-order valence-corrected chi connectivity index (χ2v) is 6.82. The smallest absolute Gasteiger partial charge is 0.126 e. The third kappa shape index (κ3) is 1.88. The summed E-state index contributed by atoms with van der Waals surface area (Å²) >= 11 is 3.51. The standard InChI is InChI=1S/C17H16BrNO/c18-13-5-6-14-15(19)10-17(20-16(14)7-13)8-11-3-1-2-4-12(11)9-17/h1-7,15H,8-10,19H2/t15-/m0/s1. The molecule has 1 aliphatic heterocycles. The molecule has 2 N–H and O–H groups in total. The van der Waals surface area contributed by atoms with E-state index in [0.29, 0.717) is 0 Å². The highest BCUT2D eigenvalue weighted by molar-refractivity contribution is 9.10. The summed E-state index contributed by atoms with van der Waals surface area (Å²) in [7, 11) is 0. The number of fused-ring (bicyclic) bond motifs is 2. The number of rotatable bonds is 0. The SMILES string of the molecule is N[C@H]1CC2(Cc3ccccc3C2)Oc2cc(Br)ccc21. The van der Waals surface area contributed by atoms with Crippen LogP contribution in [-0.4, -0.2) is 5.60 Å². The van der Waals surface area contributed by atoms with Crippen LogP contribution in [0.5, 0.6) is 5.75 Å². The average molecular weight is 330 g/mol. The number of benzene rings is 2. The van der Waals surface area contributed by atoms with Gasteiger partial charge in [-0.1, -0.05) is 46.3 Å². The molecule has 2 aliphatic rings. The van der Waals surface area contributed by atoms with Gasteiger partial charge in [-0.05, 0) is 23.3 Å². The van der Waals surface area contributed by atoms with E-state index in [9.17, 15) is 0 Å². The summed E-state index contributed by atoms with van der Waals surface area (Å²) in [5, 5.41) is 0. The highest BCUT2D eigenvalue weighted by atomic mass is 79.9. The molecule has 0 amide bonds. The normalized spacial score (nSPS) is 22.2. The maximum absolute atomic E-state index is 6.40. The van der Waals surface area contributed by atoms with Crippen molar-refractivity contribution in [3.63, 3.8) is 0 Å². The summed E-state index contributed by atoms with van der Waals surface area (Å²) < 4.78 is 7.44. The fourth-order valence-corrected chi connectivity index (χ4v) is 3.90. The van der Waals surface area contributed by atoms with Gasteiger partial charge in [0.25, 0.3) is 0 Å². The van der Waals surface area contributed by atoms with Crippen LogP contribution in [0.15, 0.2) is 46.9 Å². The first-order valence-electron chi connectivity index (χ1n) is 6.96. The summed E-state index contributed by atoms with van der Waals surface area (Å²) in [6.07, 6.45) is 2.81. The first-order valence-corrected chi connectivity index (χ1v) is 7.75. The van der Waals surface area contributed by atoms with E-state index in [1.165, 1.54) is 11.1 Å². The topological polar surface area (TPSA) is 35.2 Å². The van der Waals surface area contributed by atoms with Gasteiger partial charge in [0.05, 0.1) is 0 Å². The van der Waals surface area contributed by atoms with Gasteiger partial charge in [0.15, 0.2) is 0 Å². The van der Waals surface area contributed by atoms with Gasteiger partial charge in [0.1, 0.15) is 11.4 Å². The van der Waals surface area contributed by atoms with Gasteiger partial charge in [0.2, 0.25) is 0 Å². The van der Waals surface area contributed by atoms with Crippen molar-refractivity contribution in [1.29, 1.82) is 0 Å². The Balaban J connectivity index is 1.74. The molecule has 0 saturated heterocycles. The molecule has 0 fully saturated rings. The van der Waals surface area contributed by atoms with E-state index in [4.69, 9.17) is 10.5 Å². The van der Waals surface area contributed by atoms with Gasteiger partial charge in [0, 0.05) is 35.3 Å². The second kappa shape index (κ2) is 4.34. The van der Waals surface area contributed by atoms with Gasteiger partial charge in [-0.25, -0.2) is 0 Å². The molecule has 4 rings (SSSR count). The van der Waals surface area contributed by atoms with Crippen LogP contribution in [0.1, 0.15) is 29.2 Å². The van der Waals surface area contributed by atoms with Gasteiger partial charge < -0.3 is 10.5 Å². The molecule has 1 heterocycles. The van der Waals surface area contributed by atoms with Crippen LogP contribution >= 0.6 is 15.9 Å². The van der Waals surface area contributed by atoms with Crippen molar-refractivity contribution in [2.24, 2.45) is 5.73 Å². The van der Waals surface area contributed by atoms with Crippen molar-refractivity contribution in [1.82, 2.24) is 0 Å². The number of nitrogens with two attached hydrogens (primary N) is 1. The number of ether oxygens (including phenoxy) is 1. The summed E-state index contributed by atoms with van der Waals surface area (Å²) in [6.45, 7) is 0. The van der Waals surface area contributed by atoms with Crippen molar-refractivity contribution in [3.05, 3.63) is 63.6 Å². The minimum absolute atomic E-state index is 0.0566. The molecule has 2 aromatic rings. The summed E-state index contributed by atoms with van der Waals surface area (Å²) in [5.41, 5.74) is 10.2. The molecule has 0 bridgehead atoms. The Hall–Kier alpha value is -1.32. The molecule has 1 atom stereocenters. The lowest BCUT2D eigenvalue weighted by Gasteiger charge is -2.38. The Morgan fingerprint density at radius 3 is 2.50 bits per heavy atom. The summed E-state index contributed by atoms with van der Waals surface area (Å²) in [4.78, 5) is 0. The minimum Gasteiger partial charge on any atom is -0.486 e. The molecule has 2 nitrogen and oxygen atoms in total. The molecule has 1 spiro atoms. The summed E-state index contributed by atoms with van der Waals surface area (Å²) in [6, 6.07) is 14.8. The van der Waals surface area contributed by atoms with Crippen LogP contribution in [0.4, 0.5) is 0 Å². The Bertz CT molecular complexity index is 657. The predicted octanol–water partition coefficient (Wildman–Crippen LogP) is 3.77. The zero-order chi connectivity index (χ0) is 13.7. The Morgan fingerprint density at radius 2 is 1.80 bits per heavy atom. The molecule has 0 aromatic heterocycles. The highest BCUT2D eigenvalue weighted by Gasteiger charge is 2.44. The molecule has 0 saturated carbocycles. The Morgan fingerprint density at radius 1 is 1.10 bits per heavy atom. The maximum Gasteiger partial charge on any atom is 0.126 e. The van der Waals surface area contributed by atoms with Gasteiger partial charge >= 0.3 is 0 Å². The van der Waals surface area contributed by atoms with Crippen molar-refractivity contribution in [2.45, 2.75) is 30.9 Å². The fraction of sp³-hybridized carbons (Fsp3) is 0.294. The van der Waals surface area contributed by atoms with Crippen molar-refractivity contribution >= 4 is 15.9 Å². The first-order chi connectivity index (χ1) is 9.65. The van der Waals surface area contributed by atoms with E-state index < -0.39 is 0 Å². The van der Waals surface area contributed by atoms with Crippen LogP contribution in [0.3, 0.4) is 0 Å². The molecule has 102 valence electrons. The Labute approximate surface area is 127 Å². The third-order valence-electron chi connectivity index (χ3n) is 4.44. The van der Waals surface area contributed by atoms with E-state index >= 15 is 0 Å². The van der Waals surface area contributed by atoms with Crippen LogP contribution in [-0.2, 0) is 12.8 Å². The van der Waals surface area contributed by atoms with Crippen molar-refractivity contribution in [2.75, 3.05) is 0 Å². The quantitative estimate of drug-likeness (QED) is 0.798. The lowest BCUT2D eigenvalue weighted by Crippen LogP contribution is -2.43. The molecule has 0 radical (unpaired) electrons. The van der Waals surface area contributed by atoms with Crippen molar-refractivity contribution in [3.8, 4) is 5.75 Å². The molecular weight excluding hydrogens is 314 g/mol. The van der Waals surface area contributed by atoms with E-state index in [0.717, 1.165) is 35.0 Å². The minimum atomic E-state index is -0.156. The van der Waals surface area contributed by atoms with Crippen LogP contribution < -0.4 is 10.5 Å². The lowest BCUT2D eigenvalue weighted by molar-refractivity contribution is 0.0459. The second-order valence-electron chi connectivity index (χ2n) is 5.90. The highest BCUT2D eigenvalue weighted by Crippen LogP contribution is 2.45. The lowest BCUT2D eigenvalue weighted by atomic mass is 9.85. The van der Waals surface area contributed by atoms with Crippen molar-refractivity contribution < 1.29 is 4.74 Å². The molecule has 20 heavy (non-hydrogen) atoms. The molecule has 1 aliphatic carbocycles. The largest absolute Gasteiger partial charge is 0.486 e. The predicted molar refractivity (Wildman–Crippen MR) is 82.9 cm³/mol. The monoisotopic (exact) mass is 329 g/mol.